The van der Waals surface area contributed by atoms with Crippen LogP contribution in [0.4, 0.5) is 8.78 Å². The SMILES string of the molecule is N#CCc1cccc(C(F)F)c1. The zero-order valence-electron chi connectivity index (χ0n) is 6.30. The molecule has 0 saturated heterocycles. The average Bonchev–Trinajstić information content (AvgIpc) is 2.05. The van der Waals surface area contributed by atoms with Gasteiger partial charge in [0.05, 0.1) is 12.5 Å². The summed E-state index contributed by atoms with van der Waals surface area (Å²) in [7, 11) is 0. The Morgan fingerprint density at radius 3 is 2.75 bits per heavy atom. The van der Waals surface area contributed by atoms with Crippen molar-refractivity contribution in [1.82, 2.24) is 0 Å². The van der Waals surface area contributed by atoms with E-state index < -0.39 is 6.43 Å². The molecule has 0 aliphatic heterocycles. The van der Waals surface area contributed by atoms with Gasteiger partial charge < -0.3 is 0 Å². The minimum atomic E-state index is -2.45. The molecule has 0 bridgehead atoms. The van der Waals surface area contributed by atoms with Gasteiger partial charge in [-0.25, -0.2) is 8.78 Å². The molecule has 0 N–H and O–H groups in total. The van der Waals surface area contributed by atoms with Gasteiger partial charge in [-0.2, -0.15) is 5.26 Å². The average molecular weight is 167 g/mol. The molecule has 0 spiro atoms. The van der Waals surface area contributed by atoms with Crippen LogP contribution in [0.15, 0.2) is 24.3 Å². The van der Waals surface area contributed by atoms with Crippen molar-refractivity contribution in [2.75, 3.05) is 0 Å². The molecule has 1 nitrogen and oxygen atoms in total. The van der Waals surface area contributed by atoms with Crippen molar-refractivity contribution in [2.45, 2.75) is 12.8 Å². The Labute approximate surface area is 69.2 Å². The molecule has 0 aromatic heterocycles. The molecule has 0 amide bonds. The van der Waals surface area contributed by atoms with E-state index in [-0.39, 0.29) is 12.0 Å². The van der Waals surface area contributed by atoms with Gasteiger partial charge in [-0.1, -0.05) is 18.2 Å². The van der Waals surface area contributed by atoms with Crippen molar-refractivity contribution in [3.05, 3.63) is 35.4 Å². The van der Waals surface area contributed by atoms with Crippen LogP contribution in [0.5, 0.6) is 0 Å². The third-order valence-corrected chi connectivity index (χ3v) is 1.49. The van der Waals surface area contributed by atoms with E-state index in [1.54, 1.807) is 6.07 Å². The van der Waals surface area contributed by atoms with Crippen LogP contribution in [0.25, 0.3) is 0 Å². The summed E-state index contributed by atoms with van der Waals surface area (Å²) < 4.78 is 24.2. The Morgan fingerprint density at radius 2 is 2.17 bits per heavy atom. The molecule has 0 atom stereocenters. The van der Waals surface area contributed by atoms with Gasteiger partial charge in [0.25, 0.3) is 6.43 Å². The van der Waals surface area contributed by atoms with Crippen LogP contribution in [0.3, 0.4) is 0 Å². The molecular weight excluding hydrogens is 160 g/mol. The Kier molecular flexibility index (Phi) is 2.76. The van der Waals surface area contributed by atoms with Crippen molar-refractivity contribution >= 4 is 0 Å². The van der Waals surface area contributed by atoms with Gasteiger partial charge in [0.2, 0.25) is 0 Å². The van der Waals surface area contributed by atoms with E-state index in [0.717, 1.165) is 0 Å². The van der Waals surface area contributed by atoms with E-state index >= 15 is 0 Å². The minimum Gasteiger partial charge on any atom is -0.205 e. The fourth-order valence-corrected chi connectivity index (χ4v) is 0.930. The summed E-state index contributed by atoms with van der Waals surface area (Å²) in [5.41, 5.74) is 0.609. The predicted molar refractivity (Wildman–Crippen MR) is 40.7 cm³/mol. The molecule has 0 heterocycles. The summed E-state index contributed by atoms with van der Waals surface area (Å²) in [5.74, 6) is 0. The zero-order chi connectivity index (χ0) is 8.97. The number of hydrogen-bond donors (Lipinski definition) is 0. The normalized spacial score (nSPS) is 9.83. The maximum Gasteiger partial charge on any atom is 0.263 e. The zero-order valence-corrected chi connectivity index (χ0v) is 6.30. The van der Waals surface area contributed by atoms with E-state index in [1.807, 2.05) is 6.07 Å². The molecule has 0 aliphatic rings. The van der Waals surface area contributed by atoms with E-state index in [0.29, 0.717) is 5.56 Å². The second-order valence-electron chi connectivity index (χ2n) is 2.38. The monoisotopic (exact) mass is 167 g/mol. The number of nitrogens with zero attached hydrogens (tertiary/aromatic N) is 1. The summed E-state index contributed by atoms with van der Waals surface area (Å²) in [6.45, 7) is 0. The summed E-state index contributed by atoms with van der Waals surface area (Å²) >= 11 is 0. The lowest BCUT2D eigenvalue weighted by Crippen LogP contribution is -1.87. The van der Waals surface area contributed by atoms with E-state index in [2.05, 4.69) is 0 Å². The van der Waals surface area contributed by atoms with Gasteiger partial charge in [-0.05, 0) is 11.6 Å². The Balaban J connectivity index is 2.90. The fourth-order valence-electron chi connectivity index (χ4n) is 0.930. The smallest absolute Gasteiger partial charge is 0.205 e. The molecular formula is C9H7F2N. The molecule has 0 radical (unpaired) electrons. The van der Waals surface area contributed by atoms with Gasteiger partial charge in [0, 0.05) is 5.56 Å². The van der Waals surface area contributed by atoms with Crippen molar-refractivity contribution in [2.24, 2.45) is 0 Å². The van der Waals surface area contributed by atoms with Crippen LogP contribution in [0.1, 0.15) is 17.6 Å². The lowest BCUT2D eigenvalue weighted by Gasteiger charge is -2.00. The van der Waals surface area contributed by atoms with E-state index in [4.69, 9.17) is 5.26 Å². The minimum absolute atomic E-state index is 0.0252. The van der Waals surface area contributed by atoms with Crippen molar-refractivity contribution < 1.29 is 8.78 Å². The van der Waals surface area contributed by atoms with Crippen LogP contribution in [-0.4, -0.2) is 0 Å². The van der Waals surface area contributed by atoms with Crippen LogP contribution in [-0.2, 0) is 6.42 Å². The number of nitriles is 1. The third-order valence-electron chi connectivity index (χ3n) is 1.49. The lowest BCUT2D eigenvalue weighted by molar-refractivity contribution is 0.151. The highest BCUT2D eigenvalue weighted by Gasteiger charge is 2.06. The molecule has 0 fully saturated rings. The lowest BCUT2D eigenvalue weighted by atomic mass is 10.1. The standard InChI is InChI=1S/C9H7F2N/c10-9(11)8-3-1-2-7(6-8)4-5-12/h1-3,6,9H,4H2. The summed E-state index contributed by atoms with van der Waals surface area (Å²) in [4.78, 5) is 0. The highest BCUT2D eigenvalue weighted by molar-refractivity contribution is 5.26. The first-order chi connectivity index (χ1) is 5.74. The highest BCUT2D eigenvalue weighted by atomic mass is 19.3. The first kappa shape index (κ1) is 8.66. The Bertz CT molecular complexity index is 302. The molecule has 1 rings (SSSR count). The van der Waals surface area contributed by atoms with Gasteiger partial charge in [-0.3, -0.25) is 0 Å². The molecule has 1 aromatic carbocycles. The molecule has 0 saturated carbocycles. The maximum absolute atomic E-state index is 12.1. The Morgan fingerprint density at radius 1 is 1.42 bits per heavy atom. The highest BCUT2D eigenvalue weighted by Crippen LogP contribution is 2.19. The number of rotatable bonds is 2. The maximum atomic E-state index is 12.1. The van der Waals surface area contributed by atoms with Crippen LogP contribution in [0, 0.1) is 11.3 Å². The topological polar surface area (TPSA) is 23.8 Å². The number of alkyl halides is 2. The van der Waals surface area contributed by atoms with Crippen molar-refractivity contribution in [3.8, 4) is 6.07 Å². The van der Waals surface area contributed by atoms with Gasteiger partial charge in [0.15, 0.2) is 0 Å². The van der Waals surface area contributed by atoms with Crippen molar-refractivity contribution in [3.63, 3.8) is 0 Å². The molecule has 0 aliphatic carbocycles. The molecule has 12 heavy (non-hydrogen) atoms. The second kappa shape index (κ2) is 3.82. The Hall–Kier alpha value is -1.43. The quantitative estimate of drug-likeness (QED) is 0.664. The number of halogens is 2. The first-order valence-electron chi connectivity index (χ1n) is 3.48. The van der Waals surface area contributed by atoms with Crippen LogP contribution >= 0.6 is 0 Å². The summed E-state index contributed by atoms with van der Waals surface area (Å²) in [6, 6.07) is 7.81. The van der Waals surface area contributed by atoms with Crippen LogP contribution in [0.2, 0.25) is 0 Å². The van der Waals surface area contributed by atoms with Gasteiger partial charge >= 0.3 is 0 Å². The number of hydrogen-bond acceptors (Lipinski definition) is 1. The second-order valence-corrected chi connectivity index (χ2v) is 2.38. The molecule has 1 aromatic rings. The molecule has 3 heteroatoms. The third kappa shape index (κ3) is 2.03. The molecule has 0 unspecified atom stereocenters. The largest absolute Gasteiger partial charge is 0.263 e. The van der Waals surface area contributed by atoms with Crippen LogP contribution < -0.4 is 0 Å². The van der Waals surface area contributed by atoms with E-state index in [9.17, 15) is 8.78 Å². The summed E-state index contributed by atoms with van der Waals surface area (Å²) in [5, 5.41) is 8.31. The molecule has 62 valence electrons. The van der Waals surface area contributed by atoms with E-state index in [1.165, 1.54) is 18.2 Å². The van der Waals surface area contributed by atoms with Crippen molar-refractivity contribution in [1.29, 1.82) is 5.26 Å². The fraction of sp³-hybridized carbons (Fsp3) is 0.222. The summed E-state index contributed by atoms with van der Waals surface area (Å²) in [6.07, 6.45) is -2.27. The van der Waals surface area contributed by atoms with Gasteiger partial charge in [0.1, 0.15) is 0 Å². The first-order valence-corrected chi connectivity index (χ1v) is 3.48. The number of benzene rings is 1. The predicted octanol–water partition coefficient (Wildman–Crippen LogP) is 2.69. The van der Waals surface area contributed by atoms with Gasteiger partial charge in [-0.15, -0.1) is 0 Å².